The van der Waals surface area contributed by atoms with Gasteiger partial charge in [-0.15, -0.1) is 0 Å². The molecule has 0 unspecified atom stereocenters. The predicted octanol–water partition coefficient (Wildman–Crippen LogP) is 4.37. The Bertz CT molecular complexity index is 753. The van der Waals surface area contributed by atoms with Gasteiger partial charge in [0.1, 0.15) is 12.2 Å². The summed E-state index contributed by atoms with van der Waals surface area (Å²) in [5.41, 5.74) is 2.99. The fourth-order valence-corrected chi connectivity index (χ4v) is 2.53. The molecule has 1 aromatic carbocycles. The van der Waals surface area contributed by atoms with Gasteiger partial charge in [0, 0.05) is 17.7 Å². The van der Waals surface area contributed by atoms with Crippen molar-refractivity contribution < 1.29 is 18.0 Å². The van der Waals surface area contributed by atoms with Gasteiger partial charge in [0.2, 0.25) is 11.8 Å². The van der Waals surface area contributed by atoms with Crippen molar-refractivity contribution in [3.8, 4) is 11.5 Å². The minimum absolute atomic E-state index is 0.231. The van der Waals surface area contributed by atoms with Crippen LogP contribution in [0.4, 0.5) is 14.5 Å². The van der Waals surface area contributed by atoms with Crippen LogP contribution >= 0.6 is 0 Å². The Labute approximate surface area is 132 Å². The maximum Gasteiger partial charge on any atom is 0.260 e. The average molecular weight is 320 g/mol. The van der Waals surface area contributed by atoms with Crippen LogP contribution in [0.25, 0.3) is 11.5 Å². The number of rotatable bonds is 4. The Kier molecular flexibility index (Phi) is 3.70. The molecule has 1 aromatic heterocycles. The number of hydrogen-bond acceptors (Lipinski definition) is 3. The molecular weight excluding hydrogens is 302 g/mol. The number of alkyl halides is 2. The number of benzene rings is 1. The standard InChI is InChI=1S/C17H18F2N2O2/c1-9(2)12-5-4-11(21-15(22)14-7-17(14,18)19)6-13(12)16-20-10(3)8-23-16/h4-6,8-9,14H,7H2,1-3H3,(H,21,22)/t14-/m1/s1. The number of nitrogens with zero attached hydrogens (tertiary/aromatic N) is 1. The number of nitrogens with one attached hydrogen (secondary N) is 1. The van der Waals surface area contributed by atoms with Gasteiger partial charge >= 0.3 is 0 Å². The summed E-state index contributed by atoms with van der Waals surface area (Å²) in [4.78, 5) is 16.1. The number of carbonyl (C=O) groups excluding carboxylic acids is 1. The molecule has 4 nitrogen and oxygen atoms in total. The molecule has 0 radical (unpaired) electrons. The molecule has 6 heteroatoms. The van der Waals surface area contributed by atoms with Crippen molar-refractivity contribution in [2.75, 3.05) is 5.32 Å². The quantitative estimate of drug-likeness (QED) is 0.910. The molecule has 1 fully saturated rings. The zero-order valence-corrected chi connectivity index (χ0v) is 13.2. The first-order chi connectivity index (χ1) is 10.8. The van der Waals surface area contributed by atoms with Crippen molar-refractivity contribution >= 4 is 11.6 Å². The van der Waals surface area contributed by atoms with E-state index in [-0.39, 0.29) is 12.3 Å². The largest absolute Gasteiger partial charge is 0.444 e. The molecule has 1 aliphatic carbocycles. The highest BCUT2D eigenvalue weighted by Crippen LogP contribution is 2.49. The van der Waals surface area contributed by atoms with Gasteiger partial charge in [0.05, 0.1) is 5.69 Å². The molecule has 122 valence electrons. The van der Waals surface area contributed by atoms with Gasteiger partial charge in [-0.05, 0) is 30.5 Å². The zero-order chi connectivity index (χ0) is 16.8. The number of amides is 1. The maximum absolute atomic E-state index is 13.0. The van der Waals surface area contributed by atoms with E-state index in [4.69, 9.17) is 4.42 Å². The molecule has 0 bridgehead atoms. The van der Waals surface area contributed by atoms with E-state index in [1.807, 2.05) is 26.8 Å². The molecule has 1 heterocycles. The Morgan fingerprint density at radius 2 is 2.13 bits per heavy atom. The minimum Gasteiger partial charge on any atom is -0.444 e. The van der Waals surface area contributed by atoms with Gasteiger partial charge in [-0.25, -0.2) is 13.8 Å². The molecule has 1 saturated carbocycles. The van der Waals surface area contributed by atoms with E-state index in [0.717, 1.165) is 16.8 Å². The summed E-state index contributed by atoms with van der Waals surface area (Å²) in [5.74, 6) is -4.06. The van der Waals surface area contributed by atoms with Crippen LogP contribution in [0.5, 0.6) is 0 Å². The van der Waals surface area contributed by atoms with Crippen LogP contribution in [0.1, 0.15) is 37.4 Å². The summed E-state index contributed by atoms with van der Waals surface area (Å²) in [7, 11) is 0. The van der Waals surface area contributed by atoms with E-state index < -0.39 is 17.7 Å². The van der Waals surface area contributed by atoms with E-state index in [1.54, 1.807) is 18.4 Å². The highest BCUT2D eigenvalue weighted by molar-refractivity contribution is 5.95. The van der Waals surface area contributed by atoms with Gasteiger partial charge in [-0.3, -0.25) is 4.79 Å². The molecule has 0 saturated heterocycles. The summed E-state index contributed by atoms with van der Waals surface area (Å²) in [6, 6.07) is 5.30. The summed E-state index contributed by atoms with van der Waals surface area (Å²) in [6.45, 7) is 5.90. The SMILES string of the molecule is Cc1coc(-c2cc(NC(=O)[C@H]3CC3(F)F)ccc2C(C)C)n1. The van der Waals surface area contributed by atoms with E-state index >= 15 is 0 Å². The summed E-state index contributed by atoms with van der Waals surface area (Å²) in [6.07, 6.45) is 1.17. The van der Waals surface area contributed by atoms with Crippen LogP contribution in [-0.4, -0.2) is 16.8 Å². The van der Waals surface area contributed by atoms with E-state index in [0.29, 0.717) is 11.6 Å². The zero-order valence-electron chi connectivity index (χ0n) is 13.2. The fourth-order valence-electron chi connectivity index (χ4n) is 2.53. The number of anilines is 1. The number of carbonyl (C=O) groups is 1. The lowest BCUT2D eigenvalue weighted by atomic mass is 9.96. The topological polar surface area (TPSA) is 55.1 Å². The maximum atomic E-state index is 13.0. The number of oxazole rings is 1. The normalized spacial score (nSPS) is 19.0. The van der Waals surface area contributed by atoms with Gasteiger partial charge in [0.15, 0.2) is 0 Å². The van der Waals surface area contributed by atoms with Crippen LogP contribution in [0.2, 0.25) is 0 Å². The molecule has 0 spiro atoms. The number of aromatic nitrogens is 1. The third kappa shape index (κ3) is 3.11. The predicted molar refractivity (Wildman–Crippen MR) is 82.4 cm³/mol. The van der Waals surface area contributed by atoms with Crippen molar-refractivity contribution in [3.63, 3.8) is 0 Å². The van der Waals surface area contributed by atoms with Gasteiger partial charge < -0.3 is 9.73 Å². The van der Waals surface area contributed by atoms with Crippen molar-refractivity contribution in [3.05, 3.63) is 35.7 Å². The van der Waals surface area contributed by atoms with Crippen LogP contribution in [-0.2, 0) is 4.79 Å². The molecule has 1 amide bonds. The fraction of sp³-hybridized carbons (Fsp3) is 0.412. The van der Waals surface area contributed by atoms with Gasteiger partial charge in [0.25, 0.3) is 5.92 Å². The van der Waals surface area contributed by atoms with Gasteiger partial charge in [-0.2, -0.15) is 0 Å². The lowest BCUT2D eigenvalue weighted by molar-refractivity contribution is -0.119. The molecule has 23 heavy (non-hydrogen) atoms. The highest BCUT2D eigenvalue weighted by atomic mass is 19.3. The molecule has 1 N–H and O–H groups in total. The van der Waals surface area contributed by atoms with E-state index in [1.165, 1.54) is 0 Å². The number of halogens is 2. The van der Waals surface area contributed by atoms with Crippen molar-refractivity contribution in [1.29, 1.82) is 0 Å². The van der Waals surface area contributed by atoms with Crippen LogP contribution in [0.3, 0.4) is 0 Å². The third-order valence-corrected chi connectivity index (χ3v) is 3.93. The van der Waals surface area contributed by atoms with Crippen molar-refractivity contribution in [1.82, 2.24) is 4.98 Å². The number of aryl methyl sites for hydroxylation is 1. The van der Waals surface area contributed by atoms with Crippen molar-refractivity contribution in [2.24, 2.45) is 5.92 Å². The highest BCUT2D eigenvalue weighted by Gasteiger charge is 2.61. The minimum atomic E-state index is -2.87. The van der Waals surface area contributed by atoms with Gasteiger partial charge in [-0.1, -0.05) is 19.9 Å². The van der Waals surface area contributed by atoms with Crippen LogP contribution in [0.15, 0.2) is 28.9 Å². The van der Waals surface area contributed by atoms with E-state index in [9.17, 15) is 13.6 Å². The summed E-state index contributed by atoms with van der Waals surface area (Å²) < 4.78 is 31.4. The first-order valence-electron chi connectivity index (χ1n) is 7.53. The van der Waals surface area contributed by atoms with Crippen LogP contribution in [0, 0.1) is 12.8 Å². The smallest absolute Gasteiger partial charge is 0.260 e. The Morgan fingerprint density at radius 3 is 2.65 bits per heavy atom. The third-order valence-electron chi connectivity index (χ3n) is 3.93. The molecule has 2 aromatic rings. The first kappa shape index (κ1) is 15.6. The number of hydrogen-bond donors (Lipinski definition) is 1. The second-order valence-corrected chi connectivity index (χ2v) is 6.26. The van der Waals surface area contributed by atoms with E-state index in [2.05, 4.69) is 10.3 Å². The summed E-state index contributed by atoms with van der Waals surface area (Å²) in [5, 5.41) is 2.55. The molecule has 0 aliphatic heterocycles. The Morgan fingerprint density at radius 1 is 1.43 bits per heavy atom. The lowest BCUT2D eigenvalue weighted by Gasteiger charge is -2.13. The second kappa shape index (κ2) is 5.44. The van der Waals surface area contributed by atoms with Crippen LogP contribution < -0.4 is 5.32 Å². The average Bonchev–Trinajstić information content (AvgIpc) is 2.90. The molecule has 3 rings (SSSR count). The van der Waals surface area contributed by atoms with Crippen molar-refractivity contribution in [2.45, 2.75) is 39.0 Å². The summed E-state index contributed by atoms with van der Waals surface area (Å²) >= 11 is 0. The molecule has 1 aliphatic rings. The monoisotopic (exact) mass is 320 g/mol. The first-order valence-corrected chi connectivity index (χ1v) is 7.53. The Hall–Kier alpha value is -2.24. The molecular formula is C17H18F2N2O2. The second-order valence-electron chi connectivity index (χ2n) is 6.26. The molecule has 1 atom stereocenters. The lowest BCUT2D eigenvalue weighted by Crippen LogP contribution is -2.17. The Balaban J connectivity index is 1.90.